The number of amides is 2. The standard InChI is InChI=1S/C14H22N4O2/c1-10(18-9-8-16-11(18)2)12(19)17-14(13(15)20)6-4-3-5-7-14/h8-10H,3-7H2,1-2H3,(H2,15,20)(H,17,19)/t10-/m1/s1. The van der Waals surface area contributed by atoms with Gasteiger partial charge in [-0.3, -0.25) is 9.59 Å². The van der Waals surface area contributed by atoms with Gasteiger partial charge in [0.25, 0.3) is 0 Å². The number of aryl methyl sites for hydroxylation is 1. The summed E-state index contributed by atoms with van der Waals surface area (Å²) in [4.78, 5) is 28.3. The lowest BCUT2D eigenvalue weighted by Crippen LogP contribution is -2.59. The van der Waals surface area contributed by atoms with E-state index in [9.17, 15) is 9.59 Å². The second kappa shape index (κ2) is 5.64. The lowest BCUT2D eigenvalue weighted by atomic mass is 9.81. The Labute approximate surface area is 118 Å². The normalized spacial score (nSPS) is 19.3. The lowest BCUT2D eigenvalue weighted by Gasteiger charge is -2.36. The minimum absolute atomic E-state index is 0.188. The van der Waals surface area contributed by atoms with Gasteiger partial charge in [0, 0.05) is 12.4 Å². The maximum atomic E-state index is 12.4. The molecule has 1 saturated carbocycles. The summed E-state index contributed by atoms with van der Waals surface area (Å²) in [5.41, 5.74) is 4.65. The number of primary amides is 1. The molecule has 6 heteroatoms. The van der Waals surface area contributed by atoms with Gasteiger partial charge in [-0.25, -0.2) is 4.98 Å². The number of imidazole rings is 1. The predicted molar refractivity (Wildman–Crippen MR) is 74.8 cm³/mol. The van der Waals surface area contributed by atoms with Gasteiger partial charge >= 0.3 is 0 Å². The summed E-state index contributed by atoms with van der Waals surface area (Å²) in [6, 6.07) is -0.407. The third kappa shape index (κ3) is 2.69. The molecule has 6 nitrogen and oxygen atoms in total. The Bertz CT molecular complexity index is 503. The maximum absolute atomic E-state index is 12.4. The molecule has 1 heterocycles. The maximum Gasteiger partial charge on any atom is 0.243 e. The number of carbonyl (C=O) groups is 2. The Morgan fingerprint density at radius 1 is 1.40 bits per heavy atom. The second-order valence-electron chi connectivity index (χ2n) is 5.55. The Balaban J connectivity index is 2.13. The molecule has 2 rings (SSSR count). The molecule has 110 valence electrons. The third-order valence-electron chi connectivity index (χ3n) is 4.20. The highest BCUT2D eigenvalue weighted by Gasteiger charge is 2.40. The van der Waals surface area contributed by atoms with Crippen LogP contribution in [-0.2, 0) is 9.59 Å². The van der Waals surface area contributed by atoms with Crippen LogP contribution in [0.1, 0.15) is 50.9 Å². The number of nitrogens with two attached hydrogens (primary N) is 1. The number of hydrogen-bond acceptors (Lipinski definition) is 3. The number of rotatable bonds is 4. The van der Waals surface area contributed by atoms with Crippen molar-refractivity contribution in [3.63, 3.8) is 0 Å². The minimum Gasteiger partial charge on any atom is -0.368 e. The van der Waals surface area contributed by atoms with E-state index in [0.29, 0.717) is 12.8 Å². The molecule has 1 aromatic rings. The molecular formula is C14H22N4O2. The van der Waals surface area contributed by atoms with Crippen molar-refractivity contribution in [3.8, 4) is 0 Å². The summed E-state index contributed by atoms with van der Waals surface area (Å²) >= 11 is 0. The molecule has 0 radical (unpaired) electrons. The fourth-order valence-electron chi connectivity index (χ4n) is 2.85. The van der Waals surface area contributed by atoms with Gasteiger partial charge in [0.05, 0.1) is 0 Å². The quantitative estimate of drug-likeness (QED) is 0.862. The van der Waals surface area contributed by atoms with Crippen LogP contribution in [0.5, 0.6) is 0 Å². The summed E-state index contributed by atoms with van der Waals surface area (Å²) in [5, 5.41) is 2.88. The molecule has 0 aromatic carbocycles. The lowest BCUT2D eigenvalue weighted by molar-refractivity contribution is -0.134. The first-order valence-electron chi connectivity index (χ1n) is 7.08. The van der Waals surface area contributed by atoms with Crippen LogP contribution < -0.4 is 11.1 Å². The van der Waals surface area contributed by atoms with Crippen molar-refractivity contribution >= 4 is 11.8 Å². The van der Waals surface area contributed by atoms with Gasteiger partial charge in [0.1, 0.15) is 17.4 Å². The van der Waals surface area contributed by atoms with Crippen LogP contribution in [0.25, 0.3) is 0 Å². The highest BCUT2D eigenvalue weighted by Crippen LogP contribution is 2.28. The van der Waals surface area contributed by atoms with Crippen molar-refractivity contribution in [2.75, 3.05) is 0 Å². The van der Waals surface area contributed by atoms with Crippen molar-refractivity contribution in [2.45, 2.75) is 57.5 Å². The number of aromatic nitrogens is 2. The molecule has 0 unspecified atom stereocenters. The number of nitrogens with zero attached hydrogens (tertiary/aromatic N) is 2. The Morgan fingerprint density at radius 3 is 2.55 bits per heavy atom. The first kappa shape index (κ1) is 14.6. The van der Waals surface area contributed by atoms with Gasteiger partial charge < -0.3 is 15.6 Å². The number of carbonyl (C=O) groups excluding carboxylic acids is 2. The fraction of sp³-hybridized carbons (Fsp3) is 0.643. The molecule has 0 bridgehead atoms. The molecule has 3 N–H and O–H groups in total. The Hall–Kier alpha value is -1.85. The van der Waals surface area contributed by atoms with E-state index in [1.54, 1.807) is 23.9 Å². The van der Waals surface area contributed by atoms with Crippen molar-refractivity contribution in [3.05, 3.63) is 18.2 Å². The topological polar surface area (TPSA) is 90.0 Å². The van der Waals surface area contributed by atoms with Gasteiger partial charge in [-0.1, -0.05) is 19.3 Å². The summed E-state index contributed by atoms with van der Waals surface area (Å²) in [5.74, 6) is 0.149. The second-order valence-corrected chi connectivity index (χ2v) is 5.55. The van der Waals surface area contributed by atoms with E-state index >= 15 is 0 Å². The molecule has 0 spiro atoms. The zero-order chi connectivity index (χ0) is 14.8. The summed E-state index contributed by atoms with van der Waals surface area (Å²) in [6.07, 6.45) is 7.60. The van der Waals surface area contributed by atoms with E-state index in [0.717, 1.165) is 25.1 Å². The van der Waals surface area contributed by atoms with Crippen LogP contribution in [-0.4, -0.2) is 26.9 Å². The molecule has 1 fully saturated rings. The van der Waals surface area contributed by atoms with E-state index in [-0.39, 0.29) is 5.91 Å². The van der Waals surface area contributed by atoms with E-state index in [1.165, 1.54) is 0 Å². The van der Waals surface area contributed by atoms with Crippen molar-refractivity contribution < 1.29 is 9.59 Å². The van der Waals surface area contributed by atoms with Crippen LogP contribution in [0.4, 0.5) is 0 Å². The van der Waals surface area contributed by atoms with Crippen LogP contribution >= 0.6 is 0 Å². The molecule has 1 atom stereocenters. The van der Waals surface area contributed by atoms with Crippen molar-refractivity contribution in [1.29, 1.82) is 0 Å². The summed E-state index contributed by atoms with van der Waals surface area (Å²) < 4.78 is 1.78. The number of hydrogen-bond donors (Lipinski definition) is 2. The average Bonchev–Trinajstić information content (AvgIpc) is 2.85. The molecule has 1 aliphatic rings. The van der Waals surface area contributed by atoms with Gasteiger partial charge in [-0.05, 0) is 26.7 Å². The van der Waals surface area contributed by atoms with Gasteiger partial charge in [-0.2, -0.15) is 0 Å². The van der Waals surface area contributed by atoms with E-state index in [4.69, 9.17) is 5.73 Å². The molecule has 2 amide bonds. The first-order valence-corrected chi connectivity index (χ1v) is 7.08. The monoisotopic (exact) mass is 278 g/mol. The van der Waals surface area contributed by atoms with E-state index in [2.05, 4.69) is 10.3 Å². The zero-order valence-corrected chi connectivity index (χ0v) is 12.1. The van der Waals surface area contributed by atoms with Crippen LogP contribution in [0, 0.1) is 6.92 Å². The van der Waals surface area contributed by atoms with Gasteiger partial charge in [0.15, 0.2) is 0 Å². The molecule has 0 aliphatic heterocycles. The highest BCUT2D eigenvalue weighted by atomic mass is 16.2. The number of nitrogens with one attached hydrogen (secondary N) is 1. The molecule has 20 heavy (non-hydrogen) atoms. The Morgan fingerprint density at radius 2 is 2.05 bits per heavy atom. The summed E-state index contributed by atoms with van der Waals surface area (Å²) in [7, 11) is 0. The minimum atomic E-state index is -0.877. The SMILES string of the molecule is Cc1nccn1[C@H](C)C(=O)NC1(C(N)=O)CCCCC1. The first-order chi connectivity index (χ1) is 9.46. The molecule has 1 aliphatic carbocycles. The van der Waals surface area contributed by atoms with Crippen molar-refractivity contribution in [1.82, 2.24) is 14.9 Å². The van der Waals surface area contributed by atoms with E-state index in [1.807, 2.05) is 6.92 Å². The molecular weight excluding hydrogens is 256 g/mol. The predicted octanol–water partition coefficient (Wildman–Crippen LogP) is 1.06. The van der Waals surface area contributed by atoms with Crippen LogP contribution in [0.3, 0.4) is 0 Å². The van der Waals surface area contributed by atoms with Gasteiger partial charge in [0.2, 0.25) is 11.8 Å². The van der Waals surface area contributed by atoms with E-state index < -0.39 is 17.5 Å². The van der Waals surface area contributed by atoms with Crippen LogP contribution in [0.15, 0.2) is 12.4 Å². The average molecular weight is 278 g/mol. The molecule has 1 aromatic heterocycles. The third-order valence-corrected chi connectivity index (χ3v) is 4.20. The summed E-state index contributed by atoms with van der Waals surface area (Å²) in [6.45, 7) is 3.63. The smallest absolute Gasteiger partial charge is 0.243 e. The highest BCUT2D eigenvalue weighted by molar-refractivity contribution is 5.91. The van der Waals surface area contributed by atoms with Crippen molar-refractivity contribution in [2.24, 2.45) is 5.73 Å². The largest absolute Gasteiger partial charge is 0.368 e. The van der Waals surface area contributed by atoms with Gasteiger partial charge in [-0.15, -0.1) is 0 Å². The fourth-order valence-corrected chi connectivity index (χ4v) is 2.85. The zero-order valence-electron chi connectivity index (χ0n) is 12.1. The Kier molecular flexibility index (Phi) is 4.11. The molecule has 0 saturated heterocycles. The van der Waals surface area contributed by atoms with Crippen LogP contribution in [0.2, 0.25) is 0 Å².